The van der Waals surface area contributed by atoms with Gasteiger partial charge in [0, 0.05) is 19.3 Å². The van der Waals surface area contributed by atoms with E-state index in [-0.39, 0.29) is 12.6 Å². The third-order valence-electron chi connectivity index (χ3n) is 4.94. The number of alkyl halides is 2. The number of nitrogens with one attached hydrogen (secondary N) is 2. The molecule has 1 atom stereocenters. The lowest BCUT2D eigenvalue weighted by atomic mass is 10.2. The minimum atomic E-state index is -2.31. The first-order valence-corrected chi connectivity index (χ1v) is 9.34. The second-order valence-electron chi connectivity index (χ2n) is 6.83. The molecule has 0 saturated carbocycles. The number of anilines is 2. The Morgan fingerprint density at radius 1 is 1.39 bits per heavy atom. The second kappa shape index (κ2) is 7.70. The molecule has 4 rings (SSSR count). The molecule has 0 bridgehead atoms. The van der Waals surface area contributed by atoms with Gasteiger partial charge in [-0.25, -0.2) is 8.78 Å². The molecule has 1 aliphatic rings. The van der Waals surface area contributed by atoms with Crippen LogP contribution in [0.1, 0.15) is 25.1 Å². The highest BCUT2D eigenvalue weighted by atomic mass is 19.3. The summed E-state index contributed by atoms with van der Waals surface area (Å²) in [6.45, 7) is 5.40. The molecule has 1 aliphatic heterocycles. The number of halogens is 2. The van der Waals surface area contributed by atoms with Crippen molar-refractivity contribution >= 4 is 22.7 Å². The van der Waals surface area contributed by atoms with E-state index in [1.54, 1.807) is 17.3 Å². The van der Waals surface area contributed by atoms with Crippen LogP contribution in [-0.4, -0.2) is 62.3 Å². The van der Waals surface area contributed by atoms with Gasteiger partial charge < -0.3 is 15.0 Å². The van der Waals surface area contributed by atoms with Crippen molar-refractivity contribution in [2.75, 3.05) is 31.6 Å². The van der Waals surface area contributed by atoms with Crippen molar-refractivity contribution in [2.45, 2.75) is 32.7 Å². The summed E-state index contributed by atoms with van der Waals surface area (Å²) in [5, 5.41) is 8.49. The van der Waals surface area contributed by atoms with Crippen molar-refractivity contribution in [3.05, 3.63) is 24.2 Å². The molecule has 150 valence electrons. The summed E-state index contributed by atoms with van der Waals surface area (Å²) in [7, 11) is 0. The number of nitrogens with zero attached hydrogens (tertiary/aromatic N) is 5. The molecule has 0 aromatic carbocycles. The zero-order valence-electron chi connectivity index (χ0n) is 15.8. The van der Waals surface area contributed by atoms with Gasteiger partial charge in [0.15, 0.2) is 0 Å². The summed E-state index contributed by atoms with van der Waals surface area (Å²) < 4.78 is 32.7. The Morgan fingerprint density at radius 3 is 3.04 bits per heavy atom. The number of aromatic nitrogens is 5. The van der Waals surface area contributed by atoms with E-state index < -0.39 is 6.43 Å². The van der Waals surface area contributed by atoms with E-state index in [0.29, 0.717) is 37.2 Å². The zero-order valence-corrected chi connectivity index (χ0v) is 15.8. The topological polar surface area (TPSA) is 83.9 Å². The predicted molar refractivity (Wildman–Crippen MR) is 101 cm³/mol. The van der Waals surface area contributed by atoms with Crippen molar-refractivity contribution in [3.8, 4) is 5.88 Å². The van der Waals surface area contributed by atoms with E-state index in [9.17, 15) is 8.78 Å². The number of hydrogen-bond donors (Lipinski definition) is 2. The lowest BCUT2D eigenvalue weighted by molar-refractivity contribution is 0.0978. The normalized spacial score (nSPS) is 17.7. The van der Waals surface area contributed by atoms with Crippen molar-refractivity contribution in [3.63, 3.8) is 0 Å². The molecular formula is C18H23F2N7O. The summed E-state index contributed by atoms with van der Waals surface area (Å²) in [4.78, 5) is 13.8. The molecule has 1 fully saturated rings. The molecule has 3 aromatic rings. The van der Waals surface area contributed by atoms with Crippen LogP contribution >= 0.6 is 0 Å². The van der Waals surface area contributed by atoms with Crippen molar-refractivity contribution in [1.82, 2.24) is 29.6 Å². The average Bonchev–Trinajstić information content (AvgIpc) is 3.36. The molecule has 4 heterocycles. The molecule has 0 radical (unpaired) electrons. The minimum Gasteiger partial charge on any atom is -0.477 e. The Morgan fingerprint density at radius 2 is 2.25 bits per heavy atom. The number of ether oxygens (including phenoxy) is 1. The summed E-state index contributed by atoms with van der Waals surface area (Å²) >= 11 is 0. The van der Waals surface area contributed by atoms with Gasteiger partial charge in [0.1, 0.15) is 5.65 Å². The molecule has 0 amide bonds. The fourth-order valence-electron chi connectivity index (χ4n) is 3.62. The van der Waals surface area contributed by atoms with Crippen LogP contribution in [0, 0.1) is 6.92 Å². The van der Waals surface area contributed by atoms with Crippen LogP contribution in [0.3, 0.4) is 0 Å². The standard InChI is InChI=1S/C18H23F2N7O/c1-3-28-17-13-4-6-21-16(13)24-18(25-17)23-14-8-22-27(11(14)2)12-5-7-26(9-12)10-15(19)20/h4,6,8,12,15H,3,5,7,9-10H2,1-2H3,(H2,21,23,24,25). The second-order valence-corrected chi connectivity index (χ2v) is 6.83. The largest absolute Gasteiger partial charge is 0.477 e. The molecule has 1 unspecified atom stereocenters. The third kappa shape index (κ3) is 3.64. The van der Waals surface area contributed by atoms with Crippen LogP contribution in [0.2, 0.25) is 0 Å². The Hall–Kier alpha value is -2.75. The highest BCUT2D eigenvalue weighted by Crippen LogP contribution is 2.29. The predicted octanol–water partition coefficient (Wildman–Crippen LogP) is 3.12. The SMILES string of the molecule is CCOc1nc(Nc2cnn(C3CCN(CC(F)F)C3)c2C)nc2[nH]ccc12. The van der Waals surface area contributed by atoms with Gasteiger partial charge >= 0.3 is 0 Å². The fourth-order valence-corrected chi connectivity index (χ4v) is 3.62. The van der Waals surface area contributed by atoms with Crippen LogP contribution in [-0.2, 0) is 0 Å². The highest BCUT2D eigenvalue weighted by Gasteiger charge is 2.27. The van der Waals surface area contributed by atoms with Gasteiger partial charge in [0.05, 0.1) is 42.2 Å². The average molecular weight is 391 g/mol. The first-order valence-electron chi connectivity index (χ1n) is 9.34. The quantitative estimate of drug-likeness (QED) is 0.644. The molecule has 2 N–H and O–H groups in total. The molecule has 28 heavy (non-hydrogen) atoms. The Bertz CT molecular complexity index is 955. The van der Waals surface area contributed by atoms with Crippen molar-refractivity contribution < 1.29 is 13.5 Å². The maximum Gasteiger partial charge on any atom is 0.251 e. The number of fused-ring (bicyclic) bond motifs is 1. The number of hydrogen-bond acceptors (Lipinski definition) is 6. The number of aromatic amines is 1. The van der Waals surface area contributed by atoms with E-state index in [1.807, 2.05) is 24.6 Å². The van der Waals surface area contributed by atoms with Crippen molar-refractivity contribution in [1.29, 1.82) is 0 Å². The van der Waals surface area contributed by atoms with Gasteiger partial charge in [-0.15, -0.1) is 0 Å². The van der Waals surface area contributed by atoms with Crippen LogP contribution < -0.4 is 10.1 Å². The summed E-state index contributed by atoms with van der Waals surface area (Å²) in [5.74, 6) is 0.923. The number of H-pyrrole nitrogens is 1. The lowest BCUT2D eigenvalue weighted by Crippen LogP contribution is -2.27. The van der Waals surface area contributed by atoms with E-state index in [1.165, 1.54) is 0 Å². The van der Waals surface area contributed by atoms with Crippen LogP contribution in [0.5, 0.6) is 5.88 Å². The smallest absolute Gasteiger partial charge is 0.251 e. The third-order valence-corrected chi connectivity index (χ3v) is 4.94. The lowest BCUT2D eigenvalue weighted by Gasteiger charge is -2.16. The van der Waals surface area contributed by atoms with Gasteiger partial charge in [0.25, 0.3) is 6.43 Å². The van der Waals surface area contributed by atoms with Gasteiger partial charge in [-0.2, -0.15) is 15.1 Å². The first kappa shape index (κ1) is 18.6. The minimum absolute atomic E-state index is 0.0834. The van der Waals surface area contributed by atoms with Crippen LogP contribution in [0.25, 0.3) is 11.0 Å². The molecule has 10 heteroatoms. The number of likely N-dealkylation sites (tertiary alicyclic amines) is 1. The Balaban J connectivity index is 1.53. The monoisotopic (exact) mass is 391 g/mol. The van der Waals surface area contributed by atoms with Crippen molar-refractivity contribution in [2.24, 2.45) is 0 Å². The van der Waals surface area contributed by atoms with Gasteiger partial charge in [-0.1, -0.05) is 0 Å². The summed E-state index contributed by atoms with van der Waals surface area (Å²) in [5.41, 5.74) is 2.38. The maximum absolute atomic E-state index is 12.6. The number of rotatable bonds is 7. The fraction of sp³-hybridized carbons (Fsp3) is 0.500. The molecule has 0 aliphatic carbocycles. The molecule has 0 spiro atoms. The summed E-state index contributed by atoms with van der Waals surface area (Å²) in [6.07, 6.45) is 2.00. The van der Waals surface area contributed by atoms with E-state index >= 15 is 0 Å². The zero-order chi connectivity index (χ0) is 19.7. The van der Waals surface area contributed by atoms with Crippen LogP contribution in [0.4, 0.5) is 20.4 Å². The summed E-state index contributed by atoms with van der Waals surface area (Å²) in [6, 6.07) is 1.96. The molecular weight excluding hydrogens is 368 g/mol. The van der Waals surface area contributed by atoms with E-state index in [0.717, 1.165) is 23.2 Å². The van der Waals surface area contributed by atoms with Gasteiger partial charge in [-0.3, -0.25) is 9.58 Å². The first-order chi connectivity index (χ1) is 13.5. The van der Waals surface area contributed by atoms with Crippen LogP contribution in [0.15, 0.2) is 18.5 Å². The van der Waals surface area contributed by atoms with E-state index in [4.69, 9.17) is 4.74 Å². The molecule has 3 aromatic heterocycles. The Kier molecular flexibility index (Phi) is 5.12. The molecule has 8 nitrogen and oxygen atoms in total. The van der Waals surface area contributed by atoms with Gasteiger partial charge in [0.2, 0.25) is 11.8 Å². The maximum atomic E-state index is 12.6. The Labute approximate surface area is 160 Å². The van der Waals surface area contributed by atoms with Gasteiger partial charge in [-0.05, 0) is 26.3 Å². The molecule has 1 saturated heterocycles. The van der Waals surface area contributed by atoms with E-state index in [2.05, 4.69) is 25.4 Å². The highest BCUT2D eigenvalue weighted by molar-refractivity contribution is 5.82.